The monoisotopic (exact) mass is 417 g/mol. The maximum atomic E-state index is 12.5. The number of hydrogen-bond acceptors (Lipinski definition) is 4. The van der Waals surface area contributed by atoms with Gasteiger partial charge < -0.3 is 10.1 Å². The molecule has 0 radical (unpaired) electrons. The number of amides is 1. The molecule has 5 nitrogen and oxygen atoms in total. The summed E-state index contributed by atoms with van der Waals surface area (Å²) in [6, 6.07) is 15.0. The Balaban J connectivity index is 1.92. The largest absolute Gasteiger partial charge is 0.497 e. The second-order valence-corrected chi connectivity index (χ2v) is 9.95. The normalized spacial score (nSPS) is 13.5. The molecule has 158 valence electrons. The number of unbranched alkanes of at least 4 members (excludes halogenated alkanes) is 1. The van der Waals surface area contributed by atoms with Crippen LogP contribution in [0.15, 0.2) is 48.5 Å². The van der Waals surface area contributed by atoms with Gasteiger partial charge in [0.05, 0.1) is 18.4 Å². The zero-order chi connectivity index (χ0) is 21.4. The van der Waals surface area contributed by atoms with Crippen LogP contribution in [-0.4, -0.2) is 32.9 Å². The maximum absolute atomic E-state index is 12.5. The molecule has 1 amide bonds. The van der Waals surface area contributed by atoms with Gasteiger partial charge in [-0.15, -0.1) is 0 Å². The molecule has 1 N–H and O–H groups in total. The third-order valence-electron chi connectivity index (χ3n) is 5.18. The molecule has 0 spiro atoms. The van der Waals surface area contributed by atoms with E-state index in [9.17, 15) is 13.2 Å². The van der Waals surface area contributed by atoms with Crippen molar-refractivity contribution in [1.29, 1.82) is 0 Å². The summed E-state index contributed by atoms with van der Waals surface area (Å²) in [4.78, 5) is 12.5. The van der Waals surface area contributed by atoms with Gasteiger partial charge in [0, 0.05) is 12.7 Å². The Bertz CT molecular complexity index is 889. The zero-order valence-electron chi connectivity index (χ0n) is 17.6. The standard InChI is InChI=1S/C23H31NO4S/c1-17-9-13-20(14-10-17)23(18(2)29(4,26)27)24-22(25)8-6-5-7-19-11-15-21(28-3)16-12-19/h9-16,18,23H,5-8H2,1-4H3,(H,24,25). The highest BCUT2D eigenvalue weighted by atomic mass is 32.2. The van der Waals surface area contributed by atoms with E-state index in [4.69, 9.17) is 4.74 Å². The van der Waals surface area contributed by atoms with E-state index in [2.05, 4.69) is 5.32 Å². The minimum absolute atomic E-state index is 0.124. The highest BCUT2D eigenvalue weighted by Gasteiger charge is 2.28. The topological polar surface area (TPSA) is 72.5 Å². The van der Waals surface area contributed by atoms with Crippen LogP contribution in [-0.2, 0) is 21.1 Å². The third-order valence-corrected chi connectivity index (χ3v) is 6.80. The number of hydrogen-bond donors (Lipinski definition) is 1. The maximum Gasteiger partial charge on any atom is 0.220 e. The summed E-state index contributed by atoms with van der Waals surface area (Å²) in [5.41, 5.74) is 3.10. The van der Waals surface area contributed by atoms with E-state index in [0.717, 1.165) is 36.1 Å². The molecule has 2 aromatic carbocycles. The number of rotatable bonds is 10. The number of benzene rings is 2. The second-order valence-electron chi connectivity index (χ2n) is 7.55. The number of methoxy groups -OCH3 is 1. The Morgan fingerprint density at radius 3 is 2.21 bits per heavy atom. The van der Waals surface area contributed by atoms with Crippen molar-refractivity contribution in [1.82, 2.24) is 5.32 Å². The molecule has 0 fully saturated rings. The predicted molar refractivity (Wildman–Crippen MR) is 117 cm³/mol. The molecule has 2 aromatic rings. The van der Waals surface area contributed by atoms with Crippen molar-refractivity contribution in [2.75, 3.05) is 13.4 Å². The van der Waals surface area contributed by atoms with Crippen LogP contribution in [0.5, 0.6) is 5.75 Å². The van der Waals surface area contributed by atoms with E-state index < -0.39 is 21.1 Å². The van der Waals surface area contributed by atoms with E-state index >= 15 is 0 Å². The molecule has 0 aliphatic rings. The Morgan fingerprint density at radius 1 is 1.03 bits per heavy atom. The van der Waals surface area contributed by atoms with Crippen molar-refractivity contribution in [3.8, 4) is 5.75 Å². The molecule has 2 rings (SSSR count). The first-order valence-electron chi connectivity index (χ1n) is 9.88. The molecule has 6 heteroatoms. The molecule has 2 unspecified atom stereocenters. The van der Waals surface area contributed by atoms with Gasteiger partial charge in [-0.25, -0.2) is 8.42 Å². The van der Waals surface area contributed by atoms with Crippen molar-refractivity contribution in [3.63, 3.8) is 0 Å². The van der Waals surface area contributed by atoms with Crippen molar-refractivity contribution < 1.29 is 17.9 Å². The molecule has 0 aliphatic carbocycles. The van der Waals surface area contributed by atoms with Gasteiger partial charge in [-0.1, -0.05) is 42.0 Å². The van der Waals surface area contributed by atoms with Gasteiger partial charge in [0.1, 0.15) is 5.75 Å². The zero-order valence-corrected chi connectivity index (χ0v) is 18.5. The lowest BCUT2D eigenvalue weighted by Crippen LogP contribution is -2.38. The minimum Gasteiger partial charge on any atom is -0.497 e. The number of carbonyl (C=O) groups excluding carboxylic acids is 1. The summed E-state index contributed by atoms with van der Waals surface area (Å²) in [5, 5.41) is 2.24. The van der Waals surface area contributed by atoms with Gasteiger partial charge in [-0.2, -0.15) is 0 Å². The van der Waals surface area contributed by atoms with Crippen LogP contribution in [0.3, 0.4) is 0 Å². The molecule has 2 atom stereocenters. The average molecular weight is 418 g/mol. The molecule has 0 aliphatic heterocycles. The number of sulfone groups is 1. The number of ether oxygens (including phenoxy) is 1. The molecule has 0 heterocycles. The van der Waals surface area contributed by atoms with Crippen LogP contribution in [0.2, 0.25) is 0 Å². The van der Waals surface area contributed by atoms with Gasteiger partial charge in [0.15, 0.2) is 9.84 Å². The molecule has 0 bridgehead atoms. The second kappa shape index (κ2) is 10.4. The molecular weight excluding hydrogens is 386 g/mol. The van der Waals surface area contributed by atoms with Crippen LogP contribution in [0, 0.1) is 6.92 Å². The number of carbonyl (C=O) groups is 1. The summed E-state index contributed by atoms with van der Waals surface area (Å²) < 4.78 is 29.3. The van der Waals surface area contributed by atoms with Gasteiger partial charge in [-0.3, -0.25) is 4.79 Å². The predicted octanol–water partition coefficient (Wildman–Crippen LogP) is 4.01. The van der Waals surface area contributed by atoms with E-state index in [-0.39, 0.29) is 5.91 Å². The van der Waals surface area contributed by atoms with Gasteiger partial charge in [0.25, 0.3) is 0 Å². The average Bonchev–Trinajstić information content (AvgIpc) is 2.69. The Kier molecular flexibility index (Phi) is 8.26. The first kappa shape index (κ1) is 22.9. The first-order chi connectivity index (χ1) is 13.7. The summed E-state index contributed by atoms with van der Waals surface area (Å²) in [7, 11) is -1.66. The lowest BCUT2D eigenvalue weighted by Gasteiger charge is -2.24. The number of aryl methyl sites for hydroxylation is 2. The van der Waals surface area contributed by atoms with Crippen LogP contribution < -0.4 is 10.1 Å². The fraction of sp³-hybridized carbons (Fsp3) is 0.435. The number of nitrogens with one attached hydrogen (secondary N) is 1. The Morgan fingerprint density at radius 2 is 1.66 bits per heavy atom. The summed E-state index contributed by atoms with van der Waals surface area (Å²) in [6.45, 7) is 3.62. The van der Waals surface area contributed by atoms with Gasteiger partial charge in [-0.05, 0) is 56.4 Å². The van der Waals surface area contributed by atoms with Gasteiger partial charge in [0.2, 0.25) is 5.91 Å². The fourth-order valence-electron chi connectivity index (χ4n) is 3.15. The Hall–Kier alpha value is -2.34. The van der Waals surface area contributed by atoms with Crippen molar-refractivity contribution in [2.45, 2.75) is 50.8 Å². The first-order valence-corrected chi connectivity index (χ1v) is 11.8. The summed E-state index contributed by atoms with van der Waals surface area (Å²) in [5.74, 6) is 0.705. The lowest BCUT2D eigenvalue weighted by molar-refractivity contribution is -0.122. The van der Waals surface area contributed by atoms with E-state index in [1.165, 1.54) is 11.8 Å². The summed E-state index contributed by atoms with van der Waals surface area (Å²) >= 11 is 0. The highest BCUT2D eigenvalue weighted by Crippen LogP contribution is 2.23. The minimum atomic E-state index is -3.30. The Labute approximate surface area is 174 Å². The lowest BCUT2D eigenvalue weighted by atomic mass is 10.0. The molecular formula is C23H31NO4S. The van der Waals surface area contributed by atoms with Crippen LogP contribution in [0.25, 0.3) is 0 Å². The molecule has 29 heavy (non-hydrogen) atoms. The van der Waals surface area contributed by atoms with Crippen LogP contribution >= 0.6 is 0 Å². The smallest absolute Gasteiger partial charge is 0.220 e. The van der Waals surface area contributed by atoms with E-state index in [0.29, 0.717) is 6.42 Å². The van der Waals surface area contributed by atoms with E-state index in [1.54, 1.807) is 14.0 Å². The summed E-state index contributed by atoms with van der Waals surface area (Å²) in [6.07, 6.45) is 4.09. The van der Waals surface area contributed by atoms with Crippen molar-refractivity contribution in [2.24, 2.45) is 0 Å². The quantitative estimate of drug-likeness (QED) is 0.593. The molecule has 0 saturated carbocycles. The third kappa shape index (κ3) is 7.20. The van der Waals surface area contributed by atoms with E-state index in [1.807, 2.05) is 55.5 Å². The van der Waals surface area contributed by atoms with Gasteiger partial charge >= 0.3 is 0 Å². The van der Waals surface area contributed by atoms with Crippen LogP contribution in [0.1, 0.15) is 48.9 Å². The van der Waals surface area contributed by atoms with Crippen molar-refractivity contribution in [3.05, 3.63) is 65.2 Å². The molecule has 0 saturated heterocycles. The molecule has 0 aromatic heterocycles. The SMILES string of the molecule is COc1ccc(CCCCC(=O)NC(c2ccc(C)cc2)C(C)S(C)(=O)=O)cc1. The van der Waals surface area contributed by atoms with Crippen molar-refractivity contribution >= 4 is 15.7 Å². The fourth-order valence-corrected chi connectivity index (χ4v) is 3.86. The highest BCUT2D eigenvalue weighted by molar-refractivity contribution is 7.91. The van der Waals surface area contributed by atoms with Crippen LogP contribution in [0.4, 0.5) is 0 Å².